The molecule has 3 nitrogen and oxygen atoms in total. The number of carboxylic acid groups (broad SMARTS) is 1. The van der Waals surface area contributed by atoms with Crippen LogP contribution >= 0.6 is 11.6 Å². The molecule has 5 heteroatoms. The van der Waals surface area contributed by atoms with Crippen molar-refractivity contribution in [3.8, 4) is 0 Å². The second-order valence-corrected chi connectivity index (χ2v) is 1.13. The van der Waals surface area contributed by atoms with Crippen LogP contribution in [-0.4, -0.2) is 52.3 Å². The second kappa shape index (κ2) is 5.56. The molecule has 0 saturated heterocycles. The number of alkyl halides is 1. The molecule has 0 spiro atoms. The van der Waals surface area contributed by atoms with E-state index in [0.29, 0.717) is 0 Å². The van der Waals surface area contributed by atoms with Crippen LogP contribution in [0.25, 0.3) is 0 Å². The fourth-order valence-corrected chi connectivity index (χ4v) is 0.171. The molecule has 0 fully saturated rings. The molecular weight excluding hydrogens is 142 g/mol. The van der Waals surface area contributed by atoms with Crippen LogP contribution in [0.2, 0.25) is 0 Å². The number of halogens is 1. The molecule has 0 aromatic heterocycles. The Morgan fingerprint density at radius 3 is 1.88 bits per heavy atom. The van der Waals surface area contributed by atoms with Gasteiger partial charge in [-0.05, 0) is 0 Å². The monoisotopic (exact) mass is 146 g/mol. The van der Waals surface area contributed by atoms with E-state index in [-0.39, 0.29) is 29.6 Å². The Balaban J connectivity index is 0. The normalized spacial score (nSPS) is 7.12. The first-order valence-corrected chi connectivity index (χ1v) is 2.04. The third kappa shape index (κ3) is 4.59. The quantitative estimate of drug-likeness (QED) is 0.316. The van der Waals surface area contributed by atoms with Gasteiger partial charge in [-0.3, -0.25) is 4.79 Å². The number of carbonyl (C=O) groups excluding carboxylic acids is 1. The first-order valence-electron chi connectivity index (χ1n) is 1.50. The topological polar surface area (TPSA) is 54.4 Å². The third-order valence-electron chi connectivity index (χ3n) is 0.360. The van der Waals surface area contributed by atoms with Crippen LogP contribution in [-0.2, 0) is 9.59 Å². The summed E-state index contributed by atoms with van der Waals surface area (Å²) in [7, 11) is 0. The fourth-order valence-electron chi connectivity index (χ4n) is 0.0572. The van der Waals surface area contributed by atoms with Crippen LogP contribution < -0.4 is 0 Å². The number of hydrogen-bond acceptors (Lipinski definition) is 2. The van der Waals surface area contributed by atoms with E-state index in [1.54, 1.807) is 0 Å². The van der Waals surface area contributed by atoms with Gasteiger partial charge in [0.15, 0.2) is 0 Å². The van der Waals surface area contributed by atoms with E-state index in [1.165, 1.54) is 0 Å². The molecule has 0 rings (SSSR count). The number of hydrogen-bond donors (Lipinski definition) is 1. The maximum absolute atomic E-state index is 9.78. The van der Waals surface area contributed by atoms with E-state index in [4.69, 9.17) is 16.7 Å². The third-order valence-corrected chi connectivity index (χ3v) is 0.603. The van der Waals surface area contributed by atoms with Crippen molar-refractivity contribution in [2.75, 3.05) is 5.88 Å². The zero-order valence-corrected chi connectivity index (χ0v) is 4.10. The van der Waals surface area contributed by atoms with Gasteiger partial charge in [-0.25, -0.2) is 4.79 Å². The van der Waals surface area contributed by atoms with E-state index in [2.05, 4.69) is 0 Å². The number of Topliss-reactive ketones (excluding diaryl/α,β-unsaturated/α-hetero) is 1. The summed E-state index contributed by atoms with van der Waals surface area (Å²) in [5.74, 6) is -2.90. The van der Waals surface area contributed by atoms with Crippen molar-refractivity contribution in [2.24, 2.45) is 0 Å². The molecule has 0 aliphatic carbocycles. The fraction of sp³-hybridized carbons (Fsp3) is 0.333. The van der Waals surface area contributed by atoms with Crippen LogP contribution in [0.3, 0.4) is 0 Å². The standard InChI is InChI=1S/C3H3ClO3.Na.H/c4-1-2(5)3(6)7;;/h1H2,(H,6,7);;. The molecule has 0 aliphatic rings. The van der Waals surface area contributed by atoms with Gasteiger partial charge >= 0.3 is 35.5 Å². The van der Waals surface area contributed by atoms with Gasteiger partial charge in [0.05, 0.1) is 5.88 Å². The molecule has 0 aromatic carbocycles. The Labute approximate surface area is 73.3 Å². The summed E-state index contributed by atoms with van der Waals surface area (Å²) in [6.07, 6.45) is 0. The van der Waals surface area contributed by atoms with Crippen molar-refractivity contribution in [2.45, 2.75) is 0 Å². The van der Waals surface area contributed by atoms with Crippen molar-refractivity contribution in [1.82, 2.24) is 0 Å². The van der Waals surface area contributed by atoms with Crippen molar-refractivity contribution in [3.63, 3.8) is 0 Å². The first-order chi connectivity index (χ1) is 3.18. The Morgan fingerprint density at radius 1 is 1.50 bits per heavy atom. The first kappa shape index (κ1) is 11.3. The zero-order chi connectivity index (χ0) is 5.86. The second-order valence-electron chi connectivity index (χ2n) is 0.862. The van der Waals surface area contributed by atoms with Crippen molar-refractivity contribution < 1.29 is 14.7 Å². The summed E-state index contributed by atoms with van der Waals surface area (Å²) >= 11 is 4.82. The molecule has 1 N–H and O–H groups in total. The molecule has 0 heterocycles. The van der Waals surface area contributed by atoms with E-state index in [9.17, 15) is 9.59 Å². The molecule has 0 saturated carbocycles. The van der Waals surface area contributed by atoms with Crippen molar-refractivity contribution >= 4 is 52.9 Å². The average molecular weight is 147 g/mol. The van der Waals surface area contributed by atoms with Gasteiger partial charge < -0.3 is 5.11 Å². The van der Waals surface area contributed by atoms with Crippen molar-refractivity contribution in [3.05, 3.63) is 0 Å². The van der Waals surface area contributed by atoms with Crippen LogP contribution in [0.15, 0.2) is 0 Å². The van der Waals surface area contributed by atoms with E-state index in [1.807, 2.05) is 0 Å². The van der Waals surface area contributed by atoms with Crippen molar-refractivity contribution in [1.29, 1.82) is 0 Å². The van der Waals surface area contributed by atoms with Crippen LogP contribution in [0.5, 0.6) is 0 Å². The summed E-state index contributed by atoms with van der Waals surface area (Å²) in [4.78, 5) is 19.3. The summed E-state index contributed by atoms with van der Waals surface area (Å²) < 4.78 is 0. The van der Waals surface area contributed by atoms with Gasteiger partial charge in [-0.15, -0.1) is 11.6 Å². The Morgan fingerprint density at radius 2 is 1.88 bits per heavy atom. The number of carboxylic acids is 1. The maximum atomic E-state index is 9.78. The molecule has 0 aliphatic heterocycles. The molecule has 0 atom stereocenters. The van der Waals surface area contributed by atoms with Gasteiger partial charge in [0.1, 0.15) is 0 Å². The van der Waals surface area contributed by atoms with Gasteiger partial charge in [0.2, 0.25) is 0 Å². The minimum absolute atomic E-state index is 0. The van der Waals surface area contributed by atoms with E-state index in [0.717, 1.165) is 0 Å². The number of aliphatic carboxylic acids is 1. The van der Waals surface area contributed by atoms with E-state index < -0.39 is 17.6 Å². The molecular formula is C3H4ClNaO3. The van der Waals surface area contributed by atoms with E-state index >= 15 is 0 Å². The predicted molar refractivity (Wildman–Crippen MR) is 30.5 cm³/mol. The zero-order valence-electron chi connectivity index (χ0n) is 3.35. The summed E-state index contributed by atoms with van der Waals surface area (Å²) in [5, 5.41) is 7.75. The Kier molecular flexibility index (Phi) is 7.83. The summed E-state index contributed by atoms with van der Waals surface area (Å²) in [6, 6.07) is 0. The molecule has 8 heavy (non-hydrogen) atoms. The van der Waals surface area contributed by atoms with Gasteiger partial charge in [-0.1, -0.05) is 0 Å². The molecule has 42 valence electrons. The summed E-state index contributed by atoms with van der Waals surface area (Å²) in [6.45, 7) is 0. The molecule has 0 bridgehead atoms. The van der Waals surface area contributed by atoms with Crippen LogP contribution in [0, 0.1) is 0 Å². The number of ketones is 1. The van der Waals surface area contributed by atoms with Gasteiger partial charge in [-0.2, -0.15) is 0 Å². The number of carbonyl (C=O) groups is 2. The number of rotatable bonds is 2. The molecule has 0 unspecified atom stereocenters. The Hall–Kier alpha value is 0.430. The molecule has 0 radical (unpaired) electrons. The van der Waals surface area contributed by atoms with Gasteiger partial charge in [0, 0.05) is 0 Å². The predicted octanol–water partition coefficient (Wildman–Crippen LogP) is -0.770. The molecule has 0 aromatic rings. The summed E-state index contributed by atoms with van der Waals surface area (Å²) in [5.41, 5.74) is 0. The van der Waals surface area contributed by atoms with Crippen LogP contribution in [0.1, 0.15) is 0 Å². The molecule has 0 amide bonds. The SMILES string of the molecule is O=C(O)C(=O)CCl.[NaH]. The van der Waals surface area contributed by atoms with Gasteiger partial charge in [0.25, 0.3) is 5.78 Å². The average Bonchev–Trinajstić information content (AvgIpc) is 1.65. The van der Waals surface area contributed by atoms with Crippen LogP contribution in [0.4, 0.5) is 0 Å². The Bertz CT molecular complexity index is 103. The minimum atomic E-state index is -1.48.